The van der Waals surface area contributed by atoms with Gasteiger partial charge in [0.05, 0.1) is 29.8 Å². The fourth-order valence-electron chi connectivity index (χ4n) is 3.54. The van der Waals surface area contributed by atoms with Crippen LogP contribution in [0.15, 0.2) is 6.07 Å². The molecule has 0 radical (unpaired) electrons. The number of piperidine rings is 1. The van der Waals surface area contributed by atoms with E-state index in [0.29, 0.717) is 13.2 Å². The predicted octanol–water partition coefficient (Wildman–Crippen LogP) is 2.31. The van der Waals surface area contributed by atoms with Crippen molar-refractivity contribution in [3.63, 3.8) is 0 Å². The molecule has 2 saturated heterocycles. The molecule has 0 N–H and O–H groups in total. The average Bonchev–Trinajstić information content (AvgIpc) is 3.27. The summed E-state index contributed by atoms with van der Waals surface area (Å²) in [6, 6.07) is 2.01. The van der Waals surface area contributed by atoms with Crippen molar-refractivity contribution in [1.29, 1.82) is 0 Å². The number of aryl methyl sites for hydroxylation is 2. The number of rotatable bonds is 2. The molecule has 6 nitrogen and oxygen atoms in total. The van der Waals surface area contributed by atoms with Crippen molar-refractivity contribution in [2.24, 2.45) is 7.05 Å². The first kappa shape index (κ1) is 15.1. The van der Waals surface area contributed by atoms with Crippen LogP contribution in [0.2, 0.25) is 0 Å². The van der Waals surface area contributed by atoms with Crippen molar-refractivity contribution in [2.45, 2.75) is 38.5 Å². The zero-order chi connectivity index (χ0) is 16.0. The topological polar surface area (TPSA) is 56.6 Å². The van der Waals surface area contributed by atoms with E-state index in [0.717, 1.165) is 46.6 Å². The molecule has 0 saturated carbocycles. The Morgan fingerprint density at radius 2 is 2.13 bits per heavy atom. The van der Waals surface area contributed by atoms with Gasteiger partial charge in [-0.2, -0.15) is 5.10 Å². The predicted molar refractivity (Wildman–Crippen MR) is 87.7 cm³/mol. The maximum absolute atomic E-state index is 13.1. The van der Waals surface area contributed by atoms with Crippen LogP contribution in [0.3, 0.4) is 0 Å². The summed E-state index contributed by atoms with van der Waals surface area (Å²) in [5, 5.41) is 5.48. The third kappa shape index (κ3) is 2.56. The molecule has 124 valence electrons. The Bertz CT molecular complexity index is 698. The molecule has 1 unspecified atom stereocenters. The second-order valence-electron chi connectivity index (χ2n) is 6.21. The Hall–Kier alpha value is -1.44. The molecule has 23 heavy (non-hydrogen) atoms. The smallest absolute Gasteiger partial charge is 0.264 e. The molecule has 2 aromatic heterocycles. The Labute approximate surface area is 139 Å². The number of hydrogen-bond acceptors (Lipinski definition) is 5. The van der Waals surface area contributed by atoms with Crippen LogP contribution in [0, 0.1) is 6.92 Å². The Morgan fingerprint density at radius 1 is 1.35 bits per heavy atom. The van der Waals surface area contributed by atoms with E-state index < -0.39 is 0 Å². The average molecular weight is 335 g/mol. The van der Waals surface area contributed by atoms with Gasteiger partial charge >= 0.3 is 0 Å². The molecule has 1 amide bonds. The van der Waals surface area contributed by atoms with Crippen molar-refractivity contribution < 1.29 is 14.3 Å². The van der Waals surface area contributed by atoms with Crippen molar-refractivity contribution in [3.05, 3.63) is 16.6 Å². The highest BCUT2D eigenvalue weighted by Gasteiger charge is 2.37. The normalized spacial score (nSPS) is 23.0. The molecule has 2 fully saturated rings. The summed E-state index contributed by atoms with van der Waals surface area (Å²) in [7, 11) is 1.92. The SMILES string of the molecule is Cc1nn(C)c2sc(C(=O)N3CCCCC3C3OCCO3)cc12. The van der Waals surface area contributed by atoms with E-state index in [4.69, 9.17) is 9.47 Å². The van der Waals surface area contributed by atoms with Crippen LogP contribution in [0.1, 0.15) is 34.6 Å². The first-order chi connectivity index (χ1) is 11.1. The number of aromatic nitrogens is 2. The molecule has 0 aliphatic carbocycles. The highest BCUT2D eigenvalue weighted by molar-refractivity contribution is 7.20. The lowest BCUT2D eigenvalue weighted by atomic mass is 10.0. The first-order valence-electron chi connectivity index (χ1n) is 8.12. The second-order valence-corrected chi connectivity index (χ2v) is 7.24. The van der Waals surface area contributed by atoms with Crippen molar-refractivity contribution >= 4 is 27.5 Å². The van der Waals surface area contributed by atoms with Gasteiger partial charge < -0.3 is 14.4 Å². The van der Waals surface area contributed by atoms with Gasteiger partial charge in [-0.05, 0) is 32.3 Å². The van der Waals surface area contributed by atoms with E-state index in [1.54, 1.807) is 0 Å². The lowest BCUT2D eigenvalue weighted by molar-refractivity contribution is -0.100. The number of ether oxygens (including phenoxy) is 2. The minimum Gasteiger partial charge on any atom is -0.348 e. The summed E-state index contributed by atoms with van der Waals surface area (Å²) in [4.78, 5) is 16.8. The number of carbonyl (C=O) groups is 1. The number of carbonyl (C=O) groups excluding carboxylic acids is 1. The van der Waals surface area contributed by atoms with Crippen molar-refractivity contribution in [2.75, 3.05) is 19.8 Å². The molecule has 0 aromatic carbocycles. The van der Waals surface area contributed by atoms with E-state index >= 15 is 0 Å². The molecule has 0 bridgehead atoms. The van der Waals surface area contributed by atoms with Gasteiger partial charge in [0.25, 0.3) is 5.91 Å². The fourth-order valence-corrected chi connectivity index (χ4v) is 4.62. The van der Waals surface area contributed by atoms with Crippen LogP contribution < -0.4 is 0 Å². The monoisotopic (exact) mass is 335 g/mol. The fraction of sp³-hybridized carbons (Fsp3) is 0.625. The number of nitrogens with zero attached hydrogens (tertiary/aromatic N) is 3. The van der Waals surface area contributed by atoms with Crippen molar-refractivity contribution in [3.8, 4) is 0 Å². The Balaban J connectivity index is 1.63. The highest BCUT2D eigenvalue weighted by atomic mass is 32.1. The largest absolute Gasteiger partial charge is 0.348 e. The van der Waals surface area contributed by atoms with Gasteiger partial charge in [-0.3, -0.25) is 9.48 Å². The van der Waals surface area contributed by atoms with Crippen LogP contribution >= 0.6 is 11.3 Å². The minimum atomic E-state index is -0.267. The Morgan fingerprint density at radius 3 is 2.87 bits per heavy atom. The van der Waals surface area contributed by atoms with Crippen LogP contribution in [0.4, 0.5) is 0 Å². The van der Waals surface area contributed by atoms with Crippen LogP contribution in [-0.4, -0.2) is 52.7 Å². The highest BCUT2D eigenvalue weighted by Crippen LogP contribution is 2.31. The molecule has 0 spiro atoms. The third-order valence-electron chi connectivity index (χ3n) is 4.68. The van der Waals surface area contributed by atoms with E-state index in [9.17, 15) is 4.79 Å². The summed E-state index contributed by atoms with van der Waals surface area (Å²) in [5.74, 6) is 0.0920. The number of fused-ring (bicyclic) bond motifs is 1. The standard InChI is InChI=1S/C16H21N3O3S/c1-10-11-9-13(23-15(11)18(2)17-10)14(20)19-6-4-3-5-12(19)16-21-7-8-22-16/h9,12,16H,3-8H2,1-2H3. The van der Waals surface area contributed by atoms with Gasteiger partial charge in [0.15, 0.2) is 6.29 Å². The number of thiophene rings is 1. The summed E-state index contributed by atoms with van der Waals surface area (Å²) in [6.45, 7) is 4.00. The summed E-state index contributed by atoms with van der Waals surface area (Å²) in [6.07, 6.45) is 2.84. The zero-order valence-corrected chi connectivity index (χ0v) is 14.3. The summed E-state index contributed by atoms with van der Waals surface area (Å²) >= 11 is 1.52. The molecule has 2 aliphatic rings. The molecular weight excluding hydrogens is 314 g/mol. The third-order valence-corrected chi connectivity index (χ3v) is 5.87. The number of likely N-dealkylation sites (tertiary alicyclic amines) is 1. The van der Waals surface area contributed by atoms with E-state index in [1.807, 2.05) is 29.6 Å². The van der Waals surface area contributed by atoms with Crippen LogP contribution in [-0.2, 0) is 16.5 Å². The summed E-state index contributed by atoms with van der Waals surface area (Å²) < 4.78 is 13.2. The van der Waals surface area contributed by atoms with Gasteiger partial charge in [0, 0.05) is 19.0 Å². The molecule has 2 aromatic rings. The zero-order valence-electron chi connectivity index (χ0n) is 13.4. The molecule has 1 atom stereocenters. The second kappa shape index (κ2) is 5.89. The van der Waals surface area contributed by atoms with Gasteiger partial charge in [0.1, 0.15) is 4.83 Å². The maximum Gasteiger partial charge on any atom is 0.264 e. The van der Waals surface area contributed by atoms with Gasteiger partial charge in [-0.25, -0.2) is 0 Å². The lowest BCUT2D eigenvalue weighted by Crippen LogP contribution is -2.50. The van der Waals surface area contributed by atoms with Crippen LogP contribution in [0.5, 0.6) is 0 Å². The quantitative estimate of drug-likeness (QED) is 0.845. The minimum absolute atomic E-state index is 0.0307. The van der Waals surface area contributed by atoms with E-state index in [-0.39, 0.29) is 18.2 Å². The molecular formula is C16H21N3O3S. The molecule has 4 rings (SSSR count). The summed E-state index contributed by atoms with van der Waals surface area (Å²) in [5.41, 5.74) is 0.968. The molecule has 2 aliphatic heterocycles. The molecule has 7 heteroatoms. The number of amides is 1. The van der Waals surface area contributed by atoms with Crippen LogP contribution in [0.25, 0.3) is 10.2 Å². The Kier molecular flexibility index (Phi) is 3.87. The first-order valence-corrected chi connectivity index (χ1v) is 8.94. The van der Waals surface area contributed by atoms with Gasteiger partial charge in [-0.15, -0.1) is 11.3 Å². The number of hydrogen-bond donors (Lipinski definition) is 0. The maximum atomic E-state index is 13.1. The van der Waals surface area contributed by atoms with E-state index in [2.05, 4.69) is 5.10 Å². The molecule has 4 heterocycles. The van der Waals surface area contributed by atoms with Gasteiger partial charge in [0.2, 0.25) is 0 Å². The lowest BCUT2D eigenvalue weighted by Gasteiger charge is -2.37. The van der Waals surface area contributed by atoms with E-state index in [1.165, 1.54) is 11.3 Å². The van der Waals surface area contributed by atoms with Gasteiger partial charge in [-0.1, -0.05) is 0 Å². The van der Waals surface area contributed by atoms with Crippen molar-refractivity contribution in [1.82, 2.24) is 14.7 Å².